The molecule has 1 aliphatic heterocycles. The van der Waals surface area contributed by atoms with Crippen LogP contribution >= 0.6 is 12.4 Å². The van der Waals surface area contributed by atoms with Crippen molar-refractivity contribution in [2.75, 3.05) is 19.6 Å². The molecule has 0 aliphatic carbocycles. The lowest BCUT2D eigenvalue weighted by Crippen LogP contribution is -2.31. The Bertz CT molecular complexity index is 606. The first kappa shape index (κ1) is 14.9. The smallest absolute Gasteiger partial charge is 0.0991 e. The first-order chi connectivity index (χ1) is 9.36. The molecule has 20 heavy (non-hydrogen) atoms. The molecular weight excluding hydrogens is 270 g/mol. The van der Waals surface area contributed by atoms with Crippen molar-refractivity contribution in [3.8, 4) is 6.07 Å². The van der Waals surface area contributed by atoms with Crippen molar-refractivity contribution in [2.45, 2.75) is 25.7 Å². The Morgan fingerprint density at radius 3 is 2.75 bits per heavy atom. The predicted molar refractivity (Wildman–Crippen MR) is 84.3 cm³/mol. The molecule has 4 heteroatoms. The fourth-order valence-corrected chi connectivity index (χ4v) is 2.92. The van der Waals surface area contributed by atoms with Crippen LogP contribution in [0.4, 0.5) is 0 Å². The molecule has 0 spiro atoms. The Morgan fingerprint density at radius 1 is 1.20 bits per heavy atom. The van der Waals surface area contributed by atoms with Gasteiger partial charge in [-0.15, -0.1) is 12.4 Å². The van der Waals surface area contributed by atoms with Gasteiger partial charge < -0.3 is 9.88 Å². The number of rotatable bonds is 3. The van der Waals surface area contributed by atoms with Gasteiger partial charge in [0, 0.05) is 23.6 Å². The molecule has 2 heterocycles. The van der Waals surface area contributed by atoms with Crippen LogP contribution in [0.25, 0.3) is 10.9 Å². The number of benzene rings is 1. The van der Waals surface area contributed by atoms with Crippen LogP contribution < -0.4 is 0 Å². The van der Waals surface area contributed by atoms with Crippen LogP contribution in [0.5, 0.6) is 0 Å². The van der Waals surface area contributed by atoms with Gasteiger partial charge in [0.2, 0.25) is 0 Å². The molecular formula is C16H20ClN3. The number of aromatic nitrogens is 1. The number of nitrogens with zero attached hydrogens (tertiary/aromatic N) is 2. The molecule has 1 aromatic heterocycles. The maximum absolute atomic E-state index is 8.99. The second-order valence-electron chi connectivity index (χ2n) is 5.34. The predicted octanol–water partition coefficient (Wildman–Crippen LogP) is 3.49. The molecule has 106 valence electrons. The Hall–Kier alpha value is -1.50. The summed E-state index contributed by atoms with van der Waals surface area (Å²) in [4.78, 5) is 5.85. The molecule has 1 aromatic carbocycles. The lowest BCUT2D eigenvalue weighted by Gasteiger charge is -2.26. The van der Waals surface area contributed by atoms with Crippen LogP contribution in [0.15, 0.2) is 24.4 Å². The highest BCUT2D eigenvalue weighted by atomic mass is 35.5. The van der Waals surface area contributed by atoms with E-state index >= 15 is 0 Å². The second kappa shape index (κ2) is 6.78. The molecule has 3 rings (SSSR count). The zero-order chi connectivity index (χ0) is 13.1. The summed E-state index contributed by atoms with van der Waals surface area (Å²) in [7, 11) is 0. The van der Waals surface area contributed by atoms with Gasteiger partial charge in [0.15, 0.2) is 0 Å². The summed E-state index contributed by atoms with van der Waals surface area (Å²) >= 11 is 0. The fourth-order valence-electron chi connectivity index (χ4n) is 2.92. The minimum atomic E-state index is 0. The molecule has 2 aromatic rings. The number of likely N-dealkylation sites (tertiary alicyclic amines) is 1. The summed E-state index contributed by atoms with van der Waals surface area (Å²) in [5.41, 5.74) is 3.21. The minimum absolute atomic E-state index is 0. The van der Waals surface area contributed by atoms with Crippen molar-refractivity contribution in [2.24, 2.45) is 0 Å². The second-order valence-corrected chi connectivity index (χ2v) is 5.34. The normalized spacial score (nSPS) is 15.8. The van der Waals surface area contributed by atoms with Crippen LogP contribution in [-0.2, 0) is 6.42 Å². The molecule has 1 fully saturated rings. The molecule has 0 unspecified atom stereocenters. The van der Waals surface area contributed by atoms with Crippen molar-refractivity contribution >= 4 is 23.3 Å². The molecule has 3 nitrogen and oxygen atoms in total. The monoisotopic (exact) mass is 289 g/mol. The van der Waals surface area contributed by atoms with E-state index in [9.17, 15) is 0 Å². The van der Waals surface area contributed by atoms with E-state index in [2.05, 4.69) is 22.1 Å². The van der Waals surface area contributed by atoms with Gasteiger partial charge >= 0.3 is 0 Å². The Balaban J connectivity index is 0.00000147. The van der Waals surface area contributed by atoms with Crippen LogP contribution in [0.3, 0.4) is 0 Å². The lowest BCUT2D eigenvalue weighted by atomic mass is 10.1. The Morgan fingerprint density at radius 2 is 2.00 bits per heavy atom. The standard InChI is InChI=1S/C16H19N3.ClH/c17-11-13-4-5-16-15(10-13)14(12-18-16)6-9-19-7-2-1-3-8-19;/h4-5,10,12,18H,1-3,6-9H2;1H. The van der Waals surface area contributed by atoms with E-state index in [1.54, 1.807) is 0 Å². The van der Waals surface area contributed by atoms with E-state index in [-0.39, 0.29) is 12.4 Å². The highest BCUT2D eigenvalue weighted by Crippen LogP contribution is 2.21. The van der Waals surface area contributed by atoms with Crippen LogP contribution in [0.2, 0.25) is 0 Å². The largest absolute Gasteiger partial charge is 0.361 e. The van der Waals surface area contributed by atoms with Gasteiger partial charge in [-0.3, -0.25) is 0 Å². The van der Waals surface area contributed by atoms with E-state index in [1.165, 1.54) is 43.3 Å². The molecule has 1 aliphatic rings. The molecule has 0 atom stereocenters. The van der Waals surface area contributed by atoms with Crippen molar-refractivity contribution in [3.05, 3.63) is 35.5 Å². The molecule has 0 saturated carbocycles. The van der Waals surface area contributed by atoms with Crippen LogP contribution in [0.1, 0.15) is 30.4 Å². The summed E-state index contributed by atoms with van der Waals surface area (Å²) in [6.45, 7) is 3.61. The molecule has 0 bridgehead atoms. The molecule has 1 saturated heterocycles. The number of aromatic amines is 1. The van der Waals surface area contributed by atoms with E-state index < -0.39 is 0 Å². The van der Waals surface area contributed by atoms with Gasteiger partial charge in [0.1, 0.15) is 0 Å². The third-order valence-electron chi connectivity index (χ3n) is 4.04. The van der Waals surface area contributed by atoms with Gasteiger partial charge in [-0.05, 0) is 56.1 Å². The zero-order valence-corrected chi connectivity index (χ0v) is 12.4. The fraction of sp³-hybridized carbons (Fsp3) is 0.438. The minimum Gasteiger partial charge on any atom is -0.361 e. The third kappa shape index (κ3) is 3.15. The number of hydrogen-bond donors (Lipinski definition) is 1. The van der Waals surface area contributed by atoms with Gasteiger partial charge in [-0.25, -0.2) is 0 Å². The summed E-state index contributed by atoms with van der Waals surface area (Å²) in [6.07, 6.45) is 7.22. The number of piperidine rings is 1. The zero-order valence-electron chi connectivity index (χ0n) is 11.6. The van der Waals surface area contributed by atoms with Crippen molar-refractivity contribution in [3.63, 3.8) is 0 Å². The molecule has 1 N–H and O–H groups in total. The average Bonchev–Trinajstić information content (AvgIpc) is 2.88. The number of halogens is 1. The number of hydrogen-bond acceptors (Lipinski definition) is 2. The maximum atomic E-state index is 8.99. The first-order valence-electron chi connectivity index (χ1n) is 7.09. The van der Waals surface area contributed by atoms with Crippen molar-refractivity contribution < 1.29 is 0 Å². The molecule has 0 amide bonds. The van der Waals surface area contributed by atoms with Gasteiger partial charge in [0.25, 0.3) is 0 Å². The lowest BCUT2D eigenvalue weighted by molar-refractivity contribution is 0.231. The third-order valence-corrected chi connectivity index (χ3v) is 4.04. The van der Waals surface area contributed by atoms with E-state index in [0.29, 0.717) is 0 Å². The summed E-state index contributed by atoms with van der Waals surface area (Å²) in [5, 5.41) is 10.2. The SMILES string of the molecule is Cl.N#Cc1ccc2[nH]cc(CCN3CCCCC3)c2c1. The molecule has 0 radical (unpaired) electrons. The van der Waals surface area contributed by atoms with E-state index in [4.69, 9.17) is 5.26 Å². The van der Waals surface area contributed by atoms with Gasteiger partial charge in [-0.1, -0.05) is 6.42 Å². The van der Waals surface area contributed by atoms with Gasteiger partial charge in [0.05, 0.1) is 11.6 Å². The topological polar surface area (TPSA) is 42.8 Å². The van der Waals surface area contributed by atoms with E-state index in [1.807, 2.05) is 18.2 Å². The number of nitrogens with one attached hydrogen (secondary N) is 1. The summed E-state index contributed by atoms with van der Waals surface area (Å²) in [5.74, 6) is 0. The van der Waals surface area contributed by atoms with Gasteiger partial charge in [-0.2, -0.15) is 5.26 Å². The Labute approximate surface area is 126 Å². The maximum Gasteiger partial charge on any atom is 0.0991 e. The summed E-state index contributed by atoms with van der Waals surface area (Å²) in [6, 6.07) is 8.08. The quantitative estimate of drug-likeness (QED) is 0.940. The first-order valence-corrected chi connectivity index (χ1v) is 7.09. The average molecular weight is 290 g/mol. The van der Waals surface area contributed by atoms with Crippen LogP contribution in [0, 0.1) is 11.3 Å². The summed E-state index contributed by atoms with van der Waals surface area (Å²) < 4.78 is 0. The van der Waals surface area contributed by atoms with Crippen LogP contribution in [-0.4, -0.2) is 29.5 Å². The number of H-pyrrole nitrogens is 1. The highest BCUT2D eigenvalue weighted by Gasteiger charge is 2.11. The number of nitriles is 1. The van der Waals surface area contributed by atoms with E-state index in [0.717, 1.165) is 24.0 Å². The van der Waals surface area contributed by atoms with Crippen molar-refractivity contribution in [1.29, 1.82) is 5.26 Å². The highest BCUT2D eigenvalue weighted by molar-refractivity contribution is 5.85. The van der Waals surface area contributed by atoms with Crippen molar-refractivity contribution in [1.82, 2.24) is 9.88 Å². The number of fused-ring (bicyclic) bond motifs is 1. The Kier molecular flexibility index (Phi) is 5.05.